The van der Waals surface area contributed by atoms with Crippen LogP contribution in [0.15, 0.2) is 24.3 Å². The number of nitrogens with one attached hydrogen (secondary N) is 1. The fourth-order valence-electron chi connectivity index (χ4n) is 5.98. The van der Waals surface area contributed by atoms with Crippen LogP contribution in [0.25, 0.3) is 0 Å². The molecular formula is C22H34N2O2S. The molecule has 1 aromatic rings. The Morgan fingerprint density at radius 3 is 2.52 bits per heavy atom. The van der Waals surface area contributed by atoms with Gasteiger partial charge in [-0.25, -0.2) is 13.1 Å². The molecule has 0 bridgehead atoms. The largest absolute Gasteiger partial charge is 0.303 e. The minimum atomic E-state index is -3.20. The zero-order chi connectivity index (χ0) is 19.1. The van der Waals surface area contributed by atoms with Gasteiger partial charge in [-0.2, -0.15) is 0 Å². The normalized spacial score (nSPS) is 27.1. The second-order valence-corrected chi connectivity index (χ2v) is 11.1. The summed E-state index contributed by atoms with van der Waals surface area (Å²) >= 11 is 0. The van der Waals surface area contributed by atoms with Crippen LogP contribution in [-0.2, 0) is 15.4 Å². The number of likely N-dealkylation sites (tertiary alicyclic amines) is 1. The third-order valence-corrected chi connectivity index (χ3v) is 8.14. The smallest absolute Gasteiger partial charge is 0.209 e. The lowest BCUT2D eigenvalue weighted by molar-refractivity contribution is 0.125. The average molecular weight is 391 g/mol. The van der Waals surface area contributed by atoms with E-state index in [1.165, 1.54) is 49.6 Å². The van der Waals surface area contributed by atoms with Gasteiger partial charge < -0.3 is 4.90 Å². The Morgan fingerprint density at radius 2 is 1.85 bits per heavy atom. The van der Waals surface area contributed by atoms with Crippen LogP contribution in [0, 0.1) is 11.8 Å². The molecule has 1 saturated carbocycles. The van der Waals surface area contributed by atoms with Gasteiger partial charge in [-0.3, -0.25) is 0 Å². The van der Waals surface area contributed by atoms with Crippen molar-refractivity contribution in [3.63, 3.8) is 0 Å². The molecule has 1 aromatic carbocycles. The van der Waals surface area contributed by atoms with Gasteiger partial charge in [0.15, 0.2) is 0 Å². The fraction of sp³-hybridized carbons (Fsp3) is 0.727. The Hall–Kier alpha value is -0.910. The molecule has 1 heterocycles. The van der Waals surface area contributed by atoms with Crippen molar-refractivity contribution in [2.45, 2.75) is 63.3 Å². The minimum absolute atomic E-state index is 0.0693. The molecule has 2 aliphatic carbocycles. The van der Waals surface area contributed by atoms with Crippen LogP contribution in [0.4, 0.5) is 0 Å². The summed E-state index contributed by atoms with van der Waals surface area (Å²) in [5.41, 5.74) is 2.72. The molecule has 4 nitrogen and oxygen atoms in total. The summed E-state index contributed by atoms with van der Waals surface area (Å²) in [6, 6.07) is 8.42. The van der Waals surface area contributed by atoms with Gasteiger partial charge in [-0.05, 0) is 60.7 Å². The Kier molecular flexibility index (Phi) is 5.38. The van der Waals surface area contributed by atoms with E-state index in [1.54, 1.807) is 0 Å². The van der Waals surface area contributed by atoms with Crippen LogP contribution in [0.1, 0.15) is 69.0 Å². The van der Waals surface area contributed by atoms with E-state index < -0.39 is 10.0 Å². The predicted molar refractivity (Wildman–Crippen MR) is 110 cm³/mol. The van der Waals surface area contributed by atoms with Crippen molar-refractivity contribution in [3.05, 3.63) is 35.4 Å². The number of benzene rings is 1. The molecule has 0 aromatic heterocycles. The summed E-state index contributed by atoms with van der Waals surface area (Å²) in [6.45, 7) is 5.94. The van der Waals surface area contributed by atoms with E-state index in [9.17, 15) is 8.42 Å². The van der Waals surface area contributed by atoms with Crippen molar-refractivity contribution in [1.29, 1.82) is 0 Å². The van der Waals surface area contributed by atoms with Crippen LogP contribution < -0.4 is 4.72 Å². The monoisotopic (exact) mass is 390 g/mol. The highest BCUT2D eigenvalue weighted by molar-refractivity contribution is 7.88. The van der Waals surface area contributed by atoms with Crippen LogP contribution >= 0.6 is 0 Å². The maximum Gasteiger partial charge on any atom is 0.209 e. The molecule has 5 heteroatoms. The molecular weight excluding hydrogens is 356 g/mol. The molecule has 0 unspecified atom stereocenters. The first kappa shape index (κ1) is 19.4. The third-order valence-electron chi connectivity index (χ3n) is 7.42. The second-order valence-electron chi connectivity index (χ2n) is 9.34. The van der Waals surface area contributed by atoms with E-state index in [0.29, 0.717) is 0 Å². The molecule has 0 amide bonds. The van der Waals surface area contributed by atoms with Crippen LogP contribution in [-0.4, -0.2) is 39.2 Å². The lowest BCUT2D eigenvalue weighted by Crippen LogP contribution is -2.44. The van der Waals surface area contributed by atoms with Crippen LogP contribution in [0.5, 0.6) is 0 Å². The highest BCUT2D eigenvalue weighted by Crippen LogP contribution is 2.51. The van der Waals surface area contributed by atoms with E-state index in [0.717, 1.165) is 44.2 Å². The van der Waals surface area contributed by atoms with Crippen molar-refractivity contribution in [2.75, 3.05) is 25.9 Å². The molecule has 1 saturated heterocycles. The number of hydrogen-bond acceptors (Lipinski definition) is 3. The molecule has 3 aliphatic rings. The van der Waals surface area contributed by atoms with Gasteiger partial charge in [0.05, 0.1) is 6.26 Å². The molecule has 0 radical (unpaired) electrons. The summed E-state index contributed by atoms with van der Waals surface area (Å²) in [4.78, 5) is 2.66. The van der Waals surface area contributed by atoms with Gasteiger partial charge in [0.25, 0.3) is 0 Å². The van der Waals surface area contributed by atoms with E-state index in [-0.39, 0.29) is 11.5 Å². The molecule has 4 rings (SSSR count). The van der Waals surface area contributed by atoms with Crippen molar-refractivity contribution in [2.24, 2.45) is 11.8 Å². The van der Waals surface area contributed by atoms with Crippen molar-refractivity contribution < 1.29 is 8.42 Å². The molecule has 1 spiro atoms. The quantitative estimate of drug-likeness (QED) is 0.831. The molecule has 1 aliphatic heterocycles. The first-order valence-electron chi connectivity index (χ1n) is 10.7. The maximum absolute atomic E-state index is 11.8. The van der Waals surface area contributed by atoms with Crippen LogP contribution in [0.3, 0.4) is 0 Å². The number of rotatable bonds is 5. The van der Waals surface area contributed by atoms with Crippen molar-refractivity contribution in [3.8, 4) is 0 Å². The Bertz CT molecular complexity index is 762. The number of piperidine rings is 1. The highest BCUT2D eigenvalue weighted by atomic mass is 32.2. The van der Waals surface area contributed by atoms with E-state index in [4.69, 9.17) is 0 Å². The lowest BCUT2D eigenvalue weighted by Gasteiger charge is -2.41. The first-order valence-corrected chi connectivity index (χ1v) is 12.5. The van der Waals surface area contributed by atoms with Gasteiger partial charge in [-0.1, -0.05) is 56.9 Å². The molecule has 27 heavy (non-hydrogen) atoms. The standard InChI is InChI=1S/C22H34N2O2S/c1-17(18-7-3-4-8-18)16-24-13-11-22(12-14-24)15-21(23-27(2,25)26)19-9-5-6-10-20(19)22/h5-6,9-10,17-18,21,23H,3-4,7-8,11-16H2,1-2H3/t17-,21-/m1/s1. The van der Waals surface area contributed by atoms with Gasteiger partial charge >= 0.3 is 0 Å². The zero-order valence-electron chi connectivity index (χ0n) is 16.8. The molecule has 1 N–H and O–H groups in total. The van der Waals surface area contributed by atoms with Gasteiger partial charge in [0, 0.05) is 12.6 Å². The van der Waals surface area contributed by atoms with Crippen molar-refractivity contribution in [1.82, 2.24) is 9.62 Å². The number of sulfonamides is 1. The topological polar surface area (TPSA) is 49.4 Å². The van der Waals surface area contributed by atoms with E-state index in [2.05, 4.69) is 34.7 Å². The molecule has 2 atom stereocenters. The van der Waals surface area contributed by atoms with Crippen LogP contribution in [0.2, 0.25) is 0 Å². The summed E-state index contributed by atoms with van der Waals surface area (Å²) < 4.78 is 26.6. The van der Waals surface area contributed by atoms with Gasteiger partial charge in [0.2, 0.25) is 10.0 Å². The molecule has 2 fully saturated rings. The summed E-state index contributed by atoms with van der Waals surface area (Å²) in [5.74, 6) is 1.73. The van der Waals surface area contributed by atoms with E-state index >= 15 is 0 Å². The summed E-state index contributed by atoms with van der Waals surface area (Å²) in [5, 5.41) is 0. The SMILES string of the molecule is C[C@H](CN1CCC2(CC1)C[C@@H](NS(C)(=O)=O)c1ccccc12)C1CCCC1. The van der Waals surface area contributed by atoms with E-state index in [1.807, 2.05) is 6.07 Å². The third kappa shape index (κ3) is 4.10. The highest BCUT2D eigenvalue weighted by Gasteiger charge is 2.46. The fourth-order valence-corrected chi connectivity index (χ4v) is 6.71. The summed E-state index contributed by atoms with van der Waals surface area (Å²) in [6.07, 6.45) is 10.1. The first-order chi connectivity index (χ1) is 12.9. The number of nitrogens with zero attached hydrogens (tertiary/aromatic N) is 1. The van der Waals surface area contributed by atoms with Gasteiger partial charge in [0.1, 0.15) is 0 Å². The predicted octanol–water partition coefficient (Wildman–Crippen LogP) is 3.84. The Balaban J connectivity index is 1.44. The average Bonchev–Trinajstić information content (AvgIpc) is 3.25. The zero-order valence-corrected chi connectivity index (χ0v) is 17.6. The Labute approximate surface area is 164 Å². The lowest BCUT2D eigenvalue weighted by atomic mass is 9.73. The maximum atomic E-state index is 11.8. The number of hydrogen-bond donors (Lipinski definition) is 1. The van der Waals surface area contributed by atoms with Gasteiger partial charge in [-0.15, -0.1) is 0 Å². The van der Waals surface area contributed by atoms with Crippen molar-refractivity contribution >= 4 is 10.0 Å². The minimum Gasteiger partial charge on any atom is -0.303 e. The second kappa shape index (κ2) is 7.49. The molecule has 150 valence electrons. The summed E-state index contributed by atoms with van der Waals surface area (Å²) in [7, 11) is -3.20. The Morgan fingerprint density at radius 1 is 1.19 bits per heavy atom. The number of fused-ring (bicyclic) bond motifs is 2.